The molecule has 0 aliphatic heterocycles. The van der Waals surface area contributed by atoms with E-state index in [4.69, 9.17) is 9.15 Å². The molecule has 124 valence electrons. The van der Waals surface area contributed by atoms with Crippen LogP contribution in [0.15, 0.2) is 28.9 Å². The highest BCUT2D eigenvalue weighted by Crippen LogP contribution is 2.28. The highest BCUT2D eigenvalue weighted by Gasteiger charge is 2.15. The summed E-state index contributed by atoms with van der Waals surface area (Å²) in [4.78, 5) is 12.1. The molecule has 1 aromatic carbocycles. The Kier molecular flexibility index (Phi) is 5.21. The number of nitrogens with one attached hydrogen (secondary N) is 1. The van der Waals surface area contributed by atoms with Crippen LogP contribution in [0.2, 0.25) is 0 Å². The van der Waals surface area contributed by atoms with Crippen molar-refractivity contribution < 1.29 is 13.9 Å². The Balaban J connectivity index is 1.47. The van der Waals surface area contributed by atoms with Crippen LogP contribution in [0.1, 0.15) is 44.1 Å². The van der Waals surface area contributed by atoms with Crippen LogP contribution >= 0.6 is 0 Å². The third kappa shape index (κ3) is 4.06. The predicted octanol–water partition coefficient (Wildman–Crippen LogP) is 4.07. The van der Waals surface area contributed by atoms with Crippen LogP contribution in [-0.4, -0.2) is 19.6 Å². The smallest absolute Gasteiger partial charge is 0.224 e. The molecule has 4 heteroatoms. The number of methoxy groups -OCH3 is 1. The summed E-state index contributed by atoms with van der Waals surface area (Å²) < 4.78 is 10.7. The third-order valence-electron chi connectivity index (χ3n) is 4.80. The lowest BCUT2D eigenvalue weighted by Gasteiger charge is -2.09. The van der Waals surface area contributed by atoms with Crippen molar-refractivity contribution in [1.82, 2.24) is 5.32 Å². The largest absolute Gasteiger partial charge is 0.497 e. The Morgan fingerprint density at radius 2 is 2.17 bits per heavy atom. The zero-order valence-electron chi connectivity index (χ0n) is 13.8. The van der Waals surface area contributed by atoms with Gasteiger partial charge in [-0.25, -0.2) is 0 Å². The van der Waals surface area contributed by atoms with Crippen LogP contribution in [0.25, 0.3) is 11.0 Å². The molecule has 1 heterocycles. The normalized spacial score (nSPS) is 15.2. The van der Waals surface area contributed by atoms with Gasteiger partial charge in [0.05, 0.1) is 19.8 Å². The molecule has 1 aliphatic carbocycles. The standard InChI is InChI=1S/C19H25NO3/c1-22-16-8-9-17-15(13-23-18(17)12-16)11-19(21)20-10-4-7-14-5-2-3-6-14/h8-9,12-14H,2-7,10-11H2,1H3,(H,20,21). The molecule has 1 saturated carbocycles. The van der Waals surface area contributed by atoms with Gasteiger partial charge in [0.25, 0.3) is 0 Å². The van der Waals surface area contributed by atoms with Crippen LogP contribution in [-0.2, 0) is 11.2 Å². The Morgan fingerprint density at radius 1 is 1.35 bits per heavy atom. The van der Waals surface area contributed by atoms with Crippen molar-refractivity contribution in [3.63, 3.8) is 0 Å². The number of fused-ring (bicyclic) bond motifs is 1. The second-order valence-electron chi connectivity index (χ2n) is 6.44. The summed E-state index contributed by atoms with van der Waals surface area (Å²) >= 11 is 0. The Hall–Kier alpha value is -1.97. The summed E-state index contributed by atoms with van der Waals surface area (Å²) in [6.45, 7) is 0.777. The maximum atomic E-state index is 12.1. The molecule has 1 amide bonds. The van der Waals surface area contributed by atoms with E-state index in [0.29, 0.717) is 6.42 Å². The number of hydrogen-bond acceptors (Lipinski definition) is 3. The Labute approximate surface area is 137 Å². The highest BCUT2D eigenvalue weighted by molar-refractivity contribution is 5.88. The minimum atomic E-state index is 0.0648. The number of furan rings is 1. The molecule has 1 fully saturated rings. The molecule has 23 heavy (non-hydrogen) atoms. The second kappa shape index (κ2) is 7.53. The minimum absolute atomic E-state index is 0.0648. The van der Waals surface area contributed by atoms with Gasteiger partial charge in [0.1, 0.15) is 11.3 Å². The molecular formula is C19H25NO3. The van der Waals surface area contributed by atoms with Gasteiger partial charge in [-0.15, -0.1) is 0 Å². The number of ether oxygens (including phenoxy) is 1. The number of amides is 1. The SMILES string of the molecule is COc1ccc2c(CC(=O)NCCCC3CCCC3)coc2c1. The molecule has 3 rings (SSSR count). The first kappa shape index (κ1) is 15.9. The Bertz CT molecular complexity index is 656. The number of carbonyl (C=O) groups excluding carboxylic acids is 1. The van der Waals surface area contributed by atoms with Crippen LogP contribution in [0.5, 0.6) is 5.75 Å². The third-order valence-corrected chi connectivity index (χ3v) is 4.80. The summed E-state index contributed by atoms with van der Waals surface area (Å²) in [6.07, 6.45) is 9.88. The summed E-state index contributed by atoms with van der Waals surface area (Å²) in [5, 5.41) is 4.01. The maximum Gasteiger partial charge on any atom is 0.224 e. The minimum Gasteiger partial charge on any atom is -0.497 e. The molecule has 2 aromatic rings. The van der Waals surface area contributed by atoms with E-state index in [-0.39, 0.29) is 5.91 Å². The average molecular weight is 315 g/mol. The molecule has 1 aliphatic rings. The van der Waals surface area contributed by atoms with Gasteiger partial charge in [0, 0.05) is 23.6 Å². The molecular weight excluding hydrogens is 290 g/mol. The van der Waals surface area contributed by atoms with Crippen molar-refractivity contribution >= 4 is 16.9 Å². The summed E-state index contributed by atoms with van der Waals surface area (Å²) in [5.41, 5.74) is 1.68. The fourth-order valence-electron chi connectivity index (χ4n) is 3.48. The average Bonchev–Trinajstić information content (AvgIpc) is 3.21. The molecule has 0 radical (unpaired) electrons. The van der Waals surface area contributed by atoms with Crippen molar-refractivity contribution in [2.24, 2.45) is 5.92 Å². The highest BCUT2D eigenvalue weighted by atomic mass is 16.5. The quantitative estimate of drug-likeness (QED) is 0.784. The van der Waals surface area contributed by atoms with E-state index in [1.54, 1.807) is 13.4 Å². The summed E-state index contributed by atoms with van der Waals surface area (Å²) in [5.74, 6) is 1.71. The lowest BCUT2D eigenvalue weighted by Crippen LogP contribution is -2.26. The van der Waals surface area contributed by atoms with Crippen LogP contribution < -0.4 is 10.1 Å². The second-order valence-corrected chi connectivity index (χ2v) is 6.44. The molecule has 4 nitrogen and oxygen atoms in total. The van der Waals surface area contributed by atoms with Crippen molar-refractivity contribution in [3.8, 4) is 5.75 Å². The van der Waals surface area contributed by atoms with Gasteiger partial charge in [-0.2, -0.15) is 0 Å². The van der Waals surface area contributed by atoms with Gasteiger partial charge in [-0.05, 0) is 30.9 Å². The molecule has 0 atom stereocenters. The lowest BCUT2D eigenvalue weighted by molar-refractivity contribution is -0.120. The van der Waals surface area contributed by atoms with Gasteiger partial charge in [-0.3, -0.25) is 4.79 Å². The molecule has 0 spiro atoms. The number of rotatable bonds is 7. The molecule has 0 bridgehead atoms. The fourth-order valence-corrected chi connectivity index (χ4v) is 3.48. The van der Waals surface area contributed by atoms with Gasteiger partial charge in [-0.1, -0.05) is 25.7 Å². The van der Waals surface area contributed by atoms with Crippen molar-refractivity contribution in [1.29, 1.82) is 0 Å². The van der Waals surface area contributed by atoms with Gasteiger partial charge < -0.3 is 14.5 Å². The van der Waals surface area contributed by atoms with E-state index in [0.717, 1.165) is 41.2 Å². The molecule has 1 aromatic heterocycles. The van der Waals surface area contributed by atoms with Crippen LogP contribution in [0, 0.1) is 5.92 Å². The number of benzene rings is 1. The van der Waals surface area contributed by atoms with E-state index in [1.807, 2.05) is 18.2 Å². The lowest BCUT2D eigenvalue weighted by atomic mass is 10.0. The maximum absolute atomic E-state index is 12.1. The Morgan fingerprint density at radius 3 is 2.96 bits per heavy atom. The number of carbonyl (C=O) groups is 1. The van der Waals surface area contributed by atoms with Gasteiger partial charge in [0.15, 0.2) is 0 Å². The van der Waals surface area contributed by atoms with Gasteiger partial charge >= 0.3 is 0 Å². The molecule has 0 saturated heterocycles. The van der Waals surface area contributed by atoms with Crippen LogP contribution in [0.3, 0.4) is 0 Å². The van der Waals surface area contributed by atoms with E-state index in [2.05, 4.69) is 5.32 Å². The summed E-state index contributed by atoms with van der Waals surface area (Å²) in [6, 6.07) is 5.68. The monoisotopic (exact) mass is 315 g/mol. The topological polar surface area (TPSA) is 51.5 Å². The van der Waals surface area contributed by atoms with E-state index in [9.17, 15) is 4.79 Å². The van der Waals surface area contributed by atoms with E-state index >= 15 is 0 Å². The van der Waals surface area contributed by atoms with E-state index in [1.165, 1.54) is 32.1 Å². The zero-order valence-corrected chi connectivity index (χ0v) is 13.8. The zero-order chi connectivity index (χ0) is 16.1. The first-order chi connectivity index (χ1) is 11.3. The fraction of sp³-hybridized carbons (Fsp3) is 0.526. The molecule has 0 unspecified atom stereocenters. The van der Waals surface area contributed by atoms with Gasteiger partial charge in [0.2, 0.25) is 5.91 Å². The first-order valence-electron chi connectivity index (χ1n) is 8.57. The van der Waals surface area contributed by atoms with Crippen molar-refractivity contribution in [2.75, 3.05) is 13.7 Å². The molecule has 1 N–H and O–H groups in total. The van der Waals surface area contributed by atoms with E-state index < -0.39 is 0 Å². The van der Waals surface area contributed by atoms with Crippen molar-refractivity contribution in [2.45, 2.75) is 44.9 Å². The predicted molar refractivity (Wildman–Crippen MR) is 90.7 cm³/mol. The van der Waals surface area contributed by atoms with Crippen molar-refractivity contribution in [3.05, 3.63) is 30.0 Å². The number of hydrogen-bond donors (Lipinski definition) is 1. The first-order valence-corrected chi connectivity index (χ1v) is 8.57. The van der Waals surface area contributed by atoms with Crippen LogP contribution in [0.4, 0.5) is 0 Å². The summed E-state index contributed by atoms with van der Waals surface area (Å²) in [7, 11) is 1.63.